The average molecular weight is 373 g/mol. The number of nitrogens with zero attached hydrogens (tertiary/aromatic N) is 3. The third-order valence-electron chi connectivity index (χ3n) is 6.34. The van der Waals surface area contributed by atoms with Crippen molar-refractivity contribution in [1.29, 1.82) is 0 Å². The van der Waals surface area contributed by atoms with Crippen molar-refractivity contribution in [1.82, 2.24) is 15.3 Å². The van der Waals surface area contributed by atoms with Crippen LogP contribution in [-0.2, 0) is 5.41 Å². The third kappa shape index (κ3) is 2.30. The van der Waals surface area contributed by atoms with Gasteiger partial charge >= 0.3 is 0 Å². The van der Waals surface area contributed by atoms with Crippen LogP contribution in [0.4, 0.5) is 15.9 Å². The second-order valence-electron chi connectivity index (χ2n) is 7.88. The Balaban J connectivity index is 1.67. The molecule has 1 saturated heterocycles. The molecule has 0 saturated carbocycles. The average Bonchev–Trinajstić information content (AvgIpc) is 3.11. The smallest absolute Gasteiger partial charge is 0.143 e. The van der Waals surface area contributed by atoms with Gasteiger partial charge in [-0.2, -0.15) is 0 Å². The van der Waals surface area contributed by atoms with Crippen molar-refractivity contribution in [2.75, 3.05) is 24.5 Å². The Morgan fingerprint density at radius 3 is 2.88 bits per heavy atom. The predicted octanol–water partition coefficient (Wildman–Crippen LogP) is 4.42. The number of hydrogen-bond acceptors (Lipinski definition) is 4. The van der Waals surface area contributed by atoms with Crippen molar-refractivity contribution in [3.63, 3.8) is 0 Å². The van der Waals surface area contributed by atoms with Crippen molar-refractivity contribution in [3.05, 3.63) is 46.4 Å². The van der Waals surface area contributed by atoms with Crippen molar-refractivity contribution in [2.24, 2.45) is 0 Å². The van der Waals surface area contributed by atoms with Crippen LogP contribution in [0.5, 0.6) is 0 Å². The van der Waals surface area contributed by atoms with E-state index in [4.69, 9.17) is 11.6 Å². The minimum atomic E-state index is -0.984. The Morgan fingerprint density at radius 1 is 1.27 bits per heavy atom. The highest BCUT2D eigenvalue weighted by Gasteiger charge is 2.46. The molecule has 3 heterocycles. The van der Waals surface area contributed by atoms with Gasteiger partial charge in [0.15, 0.2) is 0 Å². The van der Waals surface area contributed by atoms with Gasteiger partial charge in [0.05, 0.1) is 5.69 Å². The van der Waals surface area contributed by atoms with Gasteiger partial charge in [-0.15, -0.1) is 0 Å². The minimum absolute atomic E-state index is 0.0836. The van der Waals surface area contributed by atoms with Crippen LogP contribution in [0.2, 0.25) is 5.02 Å². The fourth-order valence-electron chi connectivity index (χ4n) is 5.04. The van der Waals surface area contributed by atoms with Gasteiger partial charge in [0.25, 0.3) is 0 Å². The minimum Gasteiger partial charge on any atom is -0.325 e. The van der Waals surface area contributed by atoms with Gasteiger partial charge in [0.1, 0.15) is 18.3 Å². The molecule has 1 N–H and O–H groups in total. The Bertz CT molecular complexity index is 865. The van der Waals surface area contributed by atoms with Crippen molar-refractivity contribution < 1.29 is 4.39 Å². The molecular formula is C20H22ClFN4. The molecule has 0 radical (unpaired) electrons. The van der Waals surface area contributed by atoms with Gasteiger partial charge in [0, 0.05) is 28.2 Å². The number of fused-ring (bicyclic) bond motifs is 3. The number of aromatic nitrogens is 2. The molecule has 5 rings (SSSR count). The molecule has 3 aliphatic rings. The number of piperidine rings is 1. The molecular weight excluding hydrogens is 351 g/mol. The van der Waals surface area contributed by atoms with E-state index in [1.165, 1.54) is 11.9 Å². The first-order valence-corrected chi connectivity index (χ1v) is 9.74. The van der Waals surface area contributed by atoms with E-state index in [-0.39, 0.29) is 11.3 Å². The Kier molecular flexibility index (Phi) is 3.73. The summed E-state index contributed by atoms with van der Waals surface area (Å²) in [5, 5.41) is 4.24. The Hall–Kier alpha value is -1.72. The summed E-state index contributed by atoms with van der Waals surface area (Å²) in [6.07, 6.45) is 3.18. The lowest BCUT2D eigenvalue weighted by molar-refractivity contribution is 0.326. The summed E-state index contributed by atoms with van der Waals surface area (Å²) in [7, 11) is 0. The Labute approximate surface area is 157 Å². The van der Waals surface area contributed by atoms with E-state index in [1.807, 2.05) is 6.07 Å². The number of hydrogen-bond donors (Lipinski definition) is 1. The second kappa shape index (κ2) is 5.89. The van der Waals surface area contributed by atoms with Gasteiger partial charge in [-0.05, 0) is 62.0 Å². The molecule has 2 atom stereocenters. The number of benzene rings is 1. The molecule has 1 unspecified atom stereocenters. The monoisotopic (exact) mass is 372 g/mol. The first-order valence-electron chi connectivity index (χ1n) is 9.36. The molecule has 4 nitrogen and oxygen atoms in total. The molecule has 6 heteroatoms. The maximum atomic E-state index is 14.4. The van der Waals surface area contributed by atoms with E-state index in [1.54, 1.807) is 0 Å². The van der Waals surface area contributed by atoms with Gasteiger partial charge < -0.3 is 10.2 Å². The number of rotatable bonds is 1. The van der Waals surface area contributed by atoms with Crippen molar-refractivity contribution in [3.8, 4) is 0 Å². The summed E-state index contributed by atoms with van der Waals surface area (Å²) in [5.41, 5.74) is 4.10. The van der Waals surface area contributed by atoms with E-state index in [9.17, 15) is 4.39 Å². The molecule has 1 aromatic heterocycles. The summed E-state index contributed by atoms with van der Waals surface area (Å²) < 4.78 is 14.4. The zero-order valence-corrected chi connectivity index (χ0v) is 15.6. The number of alkyl halides is 1. The van der Waals surface area contributed by atoms with Crippen LogP contribution in [-0.4, -0.2) is 29.6 Å². The van der Waals surface area contributed by atoms with Gasteiger partial charge in [0.2, 0.25) is 0 Å². The Morgan fingerprint density at radius 2 is 2.08 bits per heavy atom. The standard InChI is InChI=1S/C20H22ClFN4/c1-12-8-15(22)18-17(12)19(25-11-24-18)26-10-20(4-6-23-7-5-20)14-9-13(21)2-3-16(14)26/h2-3,9,11-12,15,23H,4-8,10H2,1H3/t12?,15-/m0/s1. The lowest BCUT2D eigenvalue weighted by Crippen LogP contribution is -2.42. The molecule has 1 aliphatic carbocycles. The highest BCUT2D eigenvalue weighted by molar-refractivity contribution is 6.30. The molecule has 1 aromatic carbocycles. The van der Waals surface area contributed by atoms with Crippen LogP contribution in [0.3, 0.4) is 0 Å². The quantitative estimate of drug-likeness (QED) is 0.804. The largest absolute Gasteiger partial charge is 0.325 e. The van der Waals surface area contributed by atoms with Gasteiger partial charge in [-0.3, -0.25) is 0 Å². The number of halogens is 2. The fraction of sp³-hybridized carbons (Fsp3) is 0.500. The molecule has 0 bridgehead atoms. The van der Waals surface area contributed by atoms with E-state index in [0.29, 0.717) is 12.1 Å². The molecule has 1 spiro atoms. The molecule has 2 aromatic rings. The fourth-order valence-corrected chi connectivity index (χ4v) is 5.21. The zero-order chi connectivity index (χ0) is 17.9. The molecule has 2 aliphatic heterocycles. The van der Waals surface area contributed by atoms with Crippen LogP contribution in [0.15, 0.2) is 24.5 Å². The summed E-state index contributed by atoms with van der Waals surface area (Å²) in [4.78, 5) is 11.2. The van der Waals surface area contributed by atoms with Crippen LogP contribution in [0, 0.1) is 0 Å². The van der Waals surface area contributed by atoms with Gasteiger partial charge in [-0.1, -0.05) is 18.5 Å². The third-order valence-corrected chi connectivity index (χ3v) is 6.58. The summed E-state index contributed by atoms with van der Waals surface area (Å²) in [6.45, 7) is 4.96. The summed E-state index contributed by atoms with van der Waals surface area (Å²) in [6, 6.07) is 6.15. The first-order chi connectivity index (χ1) is 12.6. The molecule has 0 amide bonds. The molecule has 1 fully saturated rings. The summed E-state index contributed by atoms with van der Waals surface area (Å²) in [5.74, 6) is 1.01. The van der Waals surface area contributed by atoms with E-state index in [0.717, 1.165) is 54.6 Å². The van der Waals surface area contributed by atoms with Crippen LogP contribution in [0.25, 0.3) is 0 Å². The molecule has 136 valence electrons. The van der Waals surface area contributed by atoms with E-state index < -0.39 is 6.17 Å². The van der Waals surface area contributed by atoms with Crippen LogP contribution in [0.1, 0.15) is 55.1 Å². The lowest BCUT2D eigenvalue weighted by atomic mass is 9.75. The van der Waals surface area contributed by atoms with E-state index in [2.05, 4.69) is 39.2 Å². The predicted molar refractivity (Wildman–Crippen MR) is 101 cm³/mol. The normalized spacial score (nSPS) is 26.2. The maximum Gasteiger partial charge on any atom is 0.143 e. The van der Waals surface area contributed by atoms with E-state index >= 15 is 0 Å². The molecule has 26 heavy (non-hydrogen) atoms. The van der Waals surface area contributed by atoms with Crippen LogP contribution < -0.4 is 10.2 Å². The first kappa shape index (κ1) is 16.5. The summed E-state index contributed by atoms with van der Waals surface area (Å²) >= 11 is 6.35. The highest BCUT2D eigenvalue weighted by atomic mass is 35.5. The van der Waals surface area contributed by atoms with Crippen molar-refractivity contribution >= 4 is 23.1 Å². The van der Waals surface area contributed by atoms with Crippen molar-refractivity contribution in [2.45, 2.75) is 43.7 Å². The SMILES string of the molecule is CC1C[C@H](F)c2ncnc(N3CC4(CCNCC4)c4cc(Cl)ccc43)c21. The maximum absolute atomic E-state index is 14.4. The second-order valence-corrected chi connectivity index (χ2v) is 8.31. The topological polar surface area (TPSA) is 41.1 Å². The lowest BCUT2D eigenvalue weighted by Gasteiger charge is -2.35. The van der Waals surface area contributed by atoms with Crippen LogP contribution >= 0.6 is 11.6 Å². The van der Waals surface area contributed by atoms with Gasteiger partial charge in [-0.25, -0.2) is 14.4 Å². The number of anilines is 2. The number of nitrogens with one attached hydrogen (secondary N) is 1. The highest BCUT2D eigenvalue weighted by Crippen LogP contribution is 2.52. The zero-order valence-electron chi connectivity index (χ0n) is 14.8.